The molecule has 1 unspecified atom stereocenters. The Morgan fingerprint density at radius 3 is 2.78 bits per heavy atom. The summed E-state index contributed by atoms with van der Waals surface area (Å²) in [6.45, 7) is 0.199. The van der Waals surface area contributed by atoms with Crippen molar-refractivity contribution in [1.82, 2.24) is 9.78 Å². The minimum atomic E-state index is -4.53. The molecule has 5 nitrogen and oxygen atoms in total. The van der Waals surface area contributed by atoms with E-state index in [2.05, 4.69) is 5.10 Å². The first kappa shape index (κ1) is 15.5. The largest absolute Gasteiger partial charge is 0.479 e. The third kappa shape index (κ3) is 2.70. The Hall–Kier alpha value is -2.35. The minimum absolute atomic E-state index is 0.199. The van der Waals surface area contributed by atoms with Crippen LogP contribution in [0.2, 0.25) is 0 Å². The highest BCUT2D eigenvalue weighted by atomic mass is 19.4. The van der Waals surface area contributed by atoms with Gasteiger partial charge in [0.15, 0.2) is 11.8 Å². The topological polar surface area (TPSA) is 64.4 Å². The van der Waals surface area contributed by atoms with Crippen molar-refractivity contribution in [2.75, 3.05) is 6.61 Å². The molecule has 0 aliphatic carbocycles. The van der Waals surface area contributed by atoms with Gasteiger partial charge in [0.05, 0.1) is 12.3 Å². The second kappa shape index (κ2) is 5.38. The number of alkyl halides is 3. The van der Waals surface area contributed by atoms with Crippen molar-refractivity contribution in [1.29, 1.82) is 0 Å². The predicted octanol–water partition coefficient (Wildman–Crippen LogP) is 2.80. The quantitative estimate of drug-likeness (QED) is 0.922. The third-order valence-corrected chi connectivity index (χ3v) is 3.80. The normalized spacial score (nSPS) is 17.8. The van der Waals surface area contributed by atoms with Crippen LogP contribution in [-0.2, 0) is 29.2 Å². The molecule has 2 aromatic rings. The summed E-state index contributed by atoms with van der Waals surface area (Å²) >= 11 is 0. The van der Waals surface area contributed by atoms with E-state index in [1.165, 1.54) is 7.05 Å². The molecule has 2 heterocycles. The molecule has 0 saturated heterocycles. The van der Waals surface area contributed by atoms with Gasteiger partial charge in [-0.25, -0.2) is 4.79 Å². The first-order chi connectivity index (χ1) is 10.8. The van der Waals surface area contributed by atoms with Gasteiger partial charge in [0, 0.05) is 12.6 Å². The molecule has 23 heavy (non-hydrogen) atoms. The highest BCUT2D eigenvalue weighted by molar-refractivity contribution is 5.78. The number of nitrogens with zero attached hydrogens (tertiary/aromatic N) is 2. The van der Waals surface area contributed by atoms with Gasteiger partial charge in [0.25, 0.3) is 0 Å². The van der Waals surface area contributed by atoms with Crippen molar-refractivity contribution >= 4 is 5.97 Å². The second-order valence-electron chi connectivity index (χ2n) is 5.25. The lowest BCUT2D eigenvalue weighted by Gasteiger charge is -2.25. The highest BCUT2D eigenvalue weighted by Crippen LogP contribution is 2.37. The Bertz CT molecular complexity index is 768. The Kier molecular flexibility index (Phi) is 3.63. The van der Waals surface area contributed by atoms with E-state index in [-0.39, 0.29) is 6.61 Å². The van der Waals surface area contributed by atoms with Crippen LogP contribution in [0.25, 0.3) is 11.3 Å². The van der Waals surface area contributed by atoms with Gasteiger partial charge in [-0.2, -0.15) is 18.3 Å². The first-order valence-corrected chi connectivity index (χ1v) is 6.87. The molecular weight excluding hydrogens is 313 g/mol. The number of rotatable bonds is 2. The fourth-order valence-corrected chi connectivity index (χ4v) is 2.80. The molecule has 1 aromatic carbocycles. The smallest absolute Gasteiger partial charge is 0.435 e. The van der Waals surface area contributed by atoms with Gasteiger partial charge in [-0.05, 0) is 23.6 Å². The number of carboxylic acids is 1. The van der Waals surface area contributed by atoms with Crippen LogP contribution < -0.4 is 0 Å². The molecule has 0 radical (unpaired) electrons. The summed E-state index contributed by atoms with van der Waals surface area (Å²) in [5, 5.41) is 12.7. The van der Waals surface area contributed by atoms with E-state index in [1.807, 2.05) is 0 Å². The lowest BCUT2D eigenvalue weighted by atomic mass is 9.91. The van der Waals surface area contributed by atoms with Gasteiger partial charge in [0.2, 0.25) is 0 Å². The van der Waals surface area contributed by atoms with Crippen LogP contribution in [0.1, 0.15) is 22.9 Å². The molecule has 0 fully saturated rings. The van der Waals surface area contributed by atoms with Gasteiger partial charge >= 0.3 is 12.1 Å². The van der Waals surface area contributed by atoms with E-state index >= 15 is 0 Å². The number of hydrogen-bond donors (Lipinski definition) is 1. The number of aliphatic carboxylic acids is 1. The summed E-state index contributed by atoms with van der Waals surface area (Å²) in [5.74, 6) is -1.12. The molecule has 0 spiro atoms. The van der Waals surface area contributed by atoms with E-state index < -0.39 is 23.9 Å². The Morgan fingerprint density at radius 1 is 1.43 bits per heavy atom. The number of hydrogen-bond acceptors (Lipinski definition) is 3. The maximum Gasteiger partial charge on any atom is 0.435 e. The van der Waals surface area contributed by atoms with Crippen LogP contribution in [0.3, 0.4) is 0 Å². The van der Waals surface area contributed by atoms with Gasteiger partial charge < -0.3 is 9.84 Å². The van der Waals surface area contributed by atoms with Crippen molar-refractivity contribution in [2.24, 2.45) is 7.05 Å². The van der Waals surface area contributed by atoms with Crippen molar-refractivity contribution in [3.8, 4) is 11.3 Å². The number of carbonyl (C=O) groups is 1. The van der Waals surface area contributed by atoms with Crippen molar-refractivity contribution < 1.29 is 27.8 Å². The Morgan fingerprint density at radius 2 is 2.17 bits per heavy atom. The lowest BCUT2D eigenvalue weighted by Crippen LogP contribution is -2.23. The summed E-state index contributed by atoms with van der Waals surface area (Å²) < 4.78 is 44.9. The summed E-state index contributed by atoms with van der Waals surface area (Å²) in [5.41, 5.74) is 1.01. The predicted molar refractivity (Wildman–Crippen MR) is 73.7 cm³/mol. The maximum atomic E-state index is 12.8. The molecule has 122 valence electrons. The van der Waals surface area contributed by atoms with E-state index in [1.54, 1.807) is 18.2 Å². The molecule has 1 atom stereocenters. The molecule has 0 saturated carbocycles. The SMILES string of the molecule is Cn1nc(C(F)(F)F)cc1-c1cccc2c1CCOC2C(=O)O. The van der Waals surface area contributed by atoms with Crippen molar-refractivity contribution in [3.05, 3.63) is 41.1 Å². The van der Waals surface area contributed by atoms with Crippen molar-refractivity contribution in [3.63, 3.8) is 0 Å². The first-order valence-electron chi connectivity index (χ1n) is 6.87. The number of ether oxygens (including phenoxy) is 1. The van der Waals surface area contributed by atoms with E-state index in [9.17, 15) is 23.1 Å². The molecule has 0 amide bonds. The van der Waals surface area contributed by atoms with Crippen LogP contribution in [0, 0.1) is 0 Å². The molecule has 1 aliphatic heterocycles. The van der Waals surface area contributed by atoms with Crippen LogP contribution in [-0.4, -0.2) is 27.5 Å². The highest BCUT2D eigenvalue weighted by Gasteiger charge is 2.35. The zero-order valence-corrected chi connectivity index (χ0v) is 12.1. The molecule has 1 aliphatic rings. The number of aromatic nitrogens is 2. The van der Waals surface area contributed by atoms with Crippen molar-refractivity contribution in [2.45, 2.75) is 18.7 Å². The number of halogens is 3. The molecule has 1 aromatic heterocycles. The third-order valence-electron chi connectivity index (χ3n) is 3.80. The monoisotopic (exact) mass is 326 g/mol. The van der Waals surface area contributed by atoms with E-state index in [0.29, 0.717) is 28.8 Å². The lowest BCUT2D eigenvalue weighted by molar-refractivity contribution is -0.151. The Balaban J connectivity index is 2.14. The zero-order valence-electron chi connectivity index (χ0n) is 12.1. The van der Waals surface area contributed by atoms with Crippen LogP contribution >= 0.6 is 0 Å². The van der Waals surface area contributed by atoms with Gasteiger partial charge in [0.1, 0.15) is 0 Å². The minimum Gasteiger partial charge on any atom is -0.479 e. The summed E-state index contributed by atoms with van der Waals surface area (Å²) in [6, 6.07) is 5.87. The number of carboxylic acid groups (broad SMARTS) is 1. The molecule has 3 rings (SSSR count). The average Bonchev–Trinajstić information content (AvgIpc) is 2.88. The Labute approximate surface area is 129 Å². The molecule has 0 bridgehead atoms. The standard InChI is InChI=1S/C15H13F3N2O3/c1-20-11(7-12(19-20)15(16,17)18)9-3-2-4-10-8(9)5-6-23-13(10)14(21)22/h2-4,7,13H,5-6H2,1H3,(H,21,22). The fraction of sp³-hybridized carbons (Fsp3) is 0.333. The number of benzene rings is 1. The van der Waals surface area contributed by atoms with E-state index in [0.717, 1.165) is 10.7 Å². The van der Waals surface area contributed by atoms with Gasteiger partial charge in [-0.1, -0.05) is 18.2 Å². The molecule has 1 N–H and O–H groups in total. The van der Waals surface area contributed by atoms with Gasteiger partial charge in [-0.15, -0.1) is 0 Å². The maximum absolute atomic E-state index is 12.8. The molecule has 8 heteroatoms. The van der Waals surface area contributed by atoms with Crippen LogP contribution in [0.4, 0.5) is 13.2 Å². The van der Waals surface area contributed by atoms with Crippen LogP contribution in [0.15, 0.2) is 24.3 Å². The van der Waals surface area contributed by atoms with Crippen LogP contribution in [0.5, 0.6) is 0 Å². The average molecular weight is 326 g/mol. The number of fused-ring (bicyclic) bond motifs is 1. The number of aryl methyl sites for hydroxylation is 1. The second-order valence-corrected chi connectivity index (χ2v) is 5.25. The van der Waals surface area contributed by atoms with Gasteiger partial charge in [-0.3, -0.25) is 4.68 Å². The summed E-state index contributed by atoms with van der Waals surface area (Å²) in [4.78, 5) is 11.3. The fourth-order valence-electron chi connectivity index (χ4n) is 2.80. The zero-order chi connectivity index (χ0) is 16.8. The summed E-state index contributed by atoms with van der Waals surface area (Å²) in [7, 11) is 1.43. The molecular formula is C15H13F3N2O3. The van der Waals surface area contributed by atoms with E-state index in [4.69, 9.17) is 4.74 Å². The summed E-state index contributed by atoms with van der Waals surface area (Å²) in [6.07, 6.45) is -5.20.